The molecule has 0 spiro atoms. The number of fused-ring (bicyclic) bond motifs is 1. The van der Waals surface area contributed by atoms with Crippen LogP contribution in [0.15, 0.2) is 4.42 Å². The molecular formula is C13H22N4O. The Morgan fingerprint density at radius 2 is 2.17 bits per heavy atom. The van der Waals surface area contributed by atoms with Gasteiger partial charge in [-0.3, -0.25) is 0 Å². The average Bonchev–Trinajstić information content (AvgIpc) is 3.04. The highest BCUT2D eigenvalue weighted by atomic mass is 16.4. The minimum Gasteiger partial charge on any atom is -0.407 e. The molecule has 1 N–H and O–H groups in total. The van der Waals surface area contributed by atoms with Crippen molar-refractivity contribution in [3.8, 4) is 0 Å². The second-order valence-corrected chi connectivity index (χ2v) is 5.35. The van der Waals surface area contributed by atoms with E-state index in [0.717, 1.165) is 25.0 Å². The number of anilines is 1. The first-order chi connectivity index (χ1) is 8.88. The monoisotopic (exact) mass is 250 g/mol. The fraction of sp³-hybridized carbons (Fsp3) is 0.846. The molecular weight excluding hydrogens is 228 g/mol. The van der Waals surface area contributed by atoms with Gasteiger partial charge in [-0.1, -0.05) is 18.4 Å². The van der Waals surface area contributed by atoms with Crippen LogP contribution in [0.25, 0.3) is 0 Å². The van der Waals surface area contributed by atoms with Crippen LogP contribution in [0.3, 0.4) is 0 Å². The van der Waals surface area contributed by atoms with Crippen molar-refractivity contribution in [2.45, 2.75) is 51.6 Å². The predicted octanol–water partition coefficient (Wildman–Crippen LogP) is 1.95. The van der Waals surface area contributed by atoms with Crippen molar-refractivity contribution in [2.24, 2.45) is 5.92 Å². The van der Waals surface area contributed by atoms with E-state index < -0.39 is 0 Å². The Labute approximate surface area is 108 Å². The summed E-state index contributed by atoms with van der Waals surface area (Å²) < 4.78 is 5.77. The Morgan fingerprint density at radius 3 is 3.06 bits per heavy atom. The van der Waals surface area contributed by atoms with E-state index in [1.165, 1.54) is 32.1 Å². The zero-order valence-corrected chi connectivity index (χ0v) is 11.1. The minimum absolute atomic E-state index is 0.645. The number of nitrogens with one attached hydrogen (secondary N) is 1. The molecule has 1 saturated heterocycles. The summed E-state index contributed by atoms with van der Waals surface area (Å²) in [5.41, 5.74) is 0. The van der Waals surface area contributed by atoms with Crippen LogP contribution in [0.5, 0.6) is 0 Å². The number of aromatic nitrogens is 2. The molecule has 2 heterocycles. The largest absolute Gasteiger partial charge is 0.407 e. The number of hydrogen-bond donors (Lipinski definition) is 1. The summed E-state index contributed by atoms with van der Waals surface area (Å²) in [6, 6.07) is 1.38. The molecule has 1 aliphatic carbocycles. The maximum absolute atomic E-state index is 5.77. The van der Waals surface area contributed by atoms with E-state index >= 15 is 0 Å². The molecule has 1 aromatic rings. The zero-order valence-electron chi connectivity index (χ0n) is 11.1. The van der Waals surface area contributed by atoms with E-state index in [-0.39, 0.29) is 0 Å². The molecule has 1 saturated carbocycles. The van der Waals surface area contributed by atoms with Crippen LogP contribution in [0.1, 0.15) is 44.9 Å². The Kier molecular flexibility index (Phi) is 3.50. The lowest BCUT2D eigenvalue weighted by Gasteiger charge is -2.36. The third kappa shape index (κ3) is 2.23. The van der Waals surface area contributed by atoms with Gasteiger partial charge in [0.15, 0.2) is 0 Å². The third-order valence-electron chi connectivity index (χ3n) is 4.22. The standard InChI is InChI=1S/C13H22N4O/c1-2-14-9-12-15-16-13(18-12)17-8-4-6-10-5-3-7-11(10)17/h10-11,14H,2-9H2,1H3. The highest BCUT2D eigenvalue weighted by molar-refractivity contribution is 5.29. The van der Waals surface area contributed by atoms with Crippen molar-refractivity contribution in [1.29, 1.82) is 0 Å². The maximum Gasteiger partial charge on any atom is 0.318 e. The number of rotatable bonds is 4. The van der Waals surface area contributed by atoms with Crippen molar-refractivity contribution in [3.63, 3.8) is 0 Å². The summed E-state index contributed by atoms with van der Waals surface area (Å²) in [5, 5.41) is 11.6. The topological polar surface area (TPSA) is 54.2 Å². The fourth-order valence-corrected chi connectivity index (χ4v) is 3.36. The Morgan fingerprint density at radius 1 is 1.28 bits per heavy atom. The second kappa shape index (κ2) is 5.26. The molecule has 3 rings (SSSR count). The van der Waals surface area contributed by atoms with Gasteiger partial charge in [-0.15, -0.1) is 5.10 Å². The molecule has 0 amide bonds. The van der Waals surface area contributed by atoms with Crippen LogP contribution in [-0.2, 0) is 6.54 Å². The Balaban J connectivity index is 1.71. The summed E-state index contributed by atoms with van der Waals surface area (Å²) >= 11 is 0. The van der Waals surface area contributed by atoms with E-state index in [1.54, 1.807) is 0 Å². The molecule has 0 radical (unpaired) electrons. The lowest BCUT2D eigenvalue weighted by Crippen LogP contribution is -2.42. The fourth-order valence-electron chi connectivity index (χ4n) is 3.36. The second-order valence-electron chi connectivity index (χ2n) is 5.35. The lowest BCUT2D eigenvalue weighted by atomic mass is 9.92. The summed E-state index contributed by atoms with van der Waals surface area (Å²) in [5.74, 6) is 1.55. The summed E-state index contributed by atoms with van der Waals surface area (Å²) in [4.78, 5) is 2.35. The first-order valence-electron chi connectivity index (χ1n) is 7.18. The predicted molar refractivity (Wildman–Crippen MR) is 69.4 cm³/mol. The molecule has 2 fully saturated rings. The van der Waals surface area contributed by atoms with Gasteiger partial charge in [0, 0.05) is 12.6 Å². The van der Waals surface area contributed by atoms with Gasteiger partial charge < -0.3 is 14.6 Å². The highest BCUT2D eigenvalue weighted by Gasteiger charge is 2.37. The SMILES string of the molecule is CCNCc1nnc(N2CCCC3CCCC32)o1. The molecule has 1 aromatic heterocycles. The summed E-state index contributed by atoms with van der Waals surface area (Å²) in [6.45, 7) is 4.74. The van der Waals surface area contributed by atoms with E-state index in [4.69, 9.17) is 4.42 Å². The van der Waals surface area contributed by atoms with E-state index in [9.17, 15) is 0 Å². The molecule has 5 nitrogen and oxygen atoms in total. The zero-order chi connectivity index (χ0) is 12.4. The van der Waals surface area contributed by atoms with E-state index in [1.807, 2.05) is 0 Å². The first-order valence-corrected chi connectivity index (χ1v) is 7.18. The van der Waals surface area contributed by atoms with Crippen LogP contribution < -0.4 is 10.2 Å². The molecule has 5 heteroatoms. The van der Waals surface area contributed by atoms with Gasteiger partial charge in [-0.05, 0) is 38.1 Å². The van der Waals surface area contributed by atoms with Gasteiger partial charge in [-0.2, -0.15) is 0 Å². The number of hydrogen-bond acceptors (Lipinski definition) is 5. The van der Waals surface area contributed by atoms with Gasteiger partial charge in [0.05, 0.1) is 6.54 Å². The van der Waals surface area contributed by atoms with Crippen LogP contribution in [0.4, 0.5) is 6.01 Å². The minimum atomic E-state index is 0.645. The molecule has 18 heavy (non-hydrogen) atoms. The number of nitrogens with zero attached hydrogens (tertiary/aromatic N) is 3. The van der Waals surface area contributed by atoms with Crippen molar-refractivity contribution >= 4 is 6.01 Å². The lowest BCUT2D eigenvalue weighted by molar-refractivity contribution is 0.338. The first kappa shape index (κ1) is 12.0. The normalized spacial score (nSPS) is 27.5. The Hall–Kier alpha value is -1.10. The summed E-state index contributed by atoms with van der Waals surface area (Å²) in [6.07, 6.45) is 6.64. The molecule has 2 atom stereocenters. The van der Waals surface area contributed by atoms with Gasteiger partial charge >= 0.3 is 6.01 Å². The quantitative estimate of drug-likeness (QED) is 0.885. The average molecular weight is 250 g/mol. The number of piperidine rings is 1. The van der Waals surface area contributed by atoms with Gasteiger partial charge in [-0.25, -0.2) is 0 Å². The third-order valence-corrected chi connectivity index (χ3v) is 4.22. The molecule has 0 aromatic carbocycles. The molecule has 2 aliphatic rings. The van der Waals surface area contributed by atoms with Crippen molar-refractivity contribution in [2.75, 3.05) is 18.0 Å². The molecule has 0 bridgehead atoms. The summed E-state index contributed by atoms with van der Waals surface area (Å²) in [7, 11) is 0. The highest BCUT2D eigenvalue weighted by Crippen LogP contribution is 2.38. The van der Waals surface area contributed by atoms with E-state index in [2.05, 4.69) is 27.3 Å². The van der Waals surface area contributed by atoms with Gasteiger partial charge in [0.25, 0.3) is 0 Å². The Bertz CT molecular complexity index is 392. The molecule has 100 valence electrons. The van der Waals surface area contributed by atoms with Gasteiger partial charge in [0.2, 0.25) is 5.89 Å². The van der Waals surface area contributed by atoms with Crippen molar-refractivity contribution < 1.29 is 4.42 Å². The van der Waals surface area contributed by atoms with Gasteiger partial charge in [0.1, 0.15) is 0 Å². The van der Waals surface area contributed by atoms with Crippen LogP contribution in [0, 0.1) is 5.92 Å². The van der Waals surface area contributed by atoms with Crippen molar-refractivity contribution in [1.82, 2.24) is 15.5 Å². The van der Waals surface area contributed by atoms with Crippen LogP contribution in [0.2, 0.25) is 0 Å². The van der Waals surface area contributed by atoms with E-state index in [0.29, 0.717) is 18.5 Å². The smallest absolute Gasteiger partial charge is 0.318 e. The molecule has 1 aliphatic heterocycles. The van der Waals surface area contributed by atoms with Crippen LogP contribution >= 0.6 is 0 Å². The van der Waals surface area contributed by atoms with Crippen molar-refractivity contribution in [3.05, 3.63) is 5.89 Å². The van der Waals surface area contributed by atoms with Crippen LogP contribution in [-0.4, -0.2) is 29.3 Å². The maximum atomic E-state index is 5.77. The molecule has 2 unspecified atom stereocenters.